The van der Waals surface area contributed by atoms with Crippen LogP contribution in [0.15, 0.2) is 32.1 Å². The number of carbonyl (C=O) groups is 3. The van der Waals surface area contributed by atoms with Crippen molar-refractivity contribution in [2.45, 2.75) is 25.1 Å². The van der Waals surface area contributed by atoms with E-state index in [0.29, 0.717) is 27.2 Å². The molecular weight excluding hydrogens is 500 g/mol. The molecule has 1 fully saturated rings. The highest BCUT2D eigenvalue weighted by molar-refractivity contribution is 8.07. The number of oxime groups is 1. The van der Waals surface area contributed by atoms with Crippen LogP contribution < -0.4 is 11.1 Å². The zero-order valence-electron chi connectivity index (χ0n) is 18.2. The van der Waals surface area contributed by atoms with E-state index < -0.39 is 29.9 Å². The number of fused-ring (bicyclic) bond motifs is 1. The standard InChI is InChI=1S/C20H22N6O5S3/c1-25-4-2-12(3-5-25)32-10-14-17(19(29)30)26-13(9-33-14)16(18(26)28)24-15(27)6-22-31-7-11-8-34-20(21)23-11/h2,4,6,8,13,16H,3,5,7,9-10H2,1H3,(H3-,21,23,24,27,29,30)/p+1/t13-,16+/m1/s1. The first-order chi connectivity index (χ1) is 16.3. The molecule has 34 heavy (non-hydrogen) atoms. The maximum absolute atomic E-state index is 12.7. The van der Waals surface area contributed by atoms with Gasteiger partial charge in [0.1, 0.15) is 31.5 Å². The van der Waals surface area contributed by atoms with E-state index in [0.717, 1.165) is 19.2 Å². The van der Waals surface area contributed by atoms with Gasteiger partial charge in [-0.2, -0.15) is 0 Å². The Bertz CT molecular complexity index is 1130. The van der Waals surface area contributed by atoms with Gasteiger partial charge in [-0.1, -0.05) is 5.16 Å². The summed E-state index contributed by atoms with van der Waals surface area (Å²) in [5.41, 5.74) is 6.13. The first-order valence-corrected chi connectivity index (χ1v) is 13.1. The molecule has 1 aromatic rings. The summed E-state index contributed by atoms with van der Waals surface area (Å²) in [5, 5.41) is 18.1. The number of β-lactam (4-membered cyclic amide) rings is 1. The highest BCUT2D eigenvalue weighted by Crippen LogP contribution is 2.41. The summed E-state index contributed by atoms with van der Waals surface area (Å²) in [6.45, 7) is 0.977. The summed E-state index contributed by atoms with van der Waals surface area (Å²) in [7, 11) is 2.00. The lowest BCUT2D eigenvalue weighted by atomic mass is 9.94. The molecule has 0 aliphatic carbocycles. The largest absolute Gasteiger partial charge is 0.477 e. The number of thiazole rings is 1. The fourth-order valence-corrected chi connectivity index (χ4v) is 6.51. The smallest absolute Gasteiger partial charge is 0.353 e. The molecule has 4 heterocycles. The van der Waals surface area contributed by atoms with Crippen LogP contribution in [0, 0.1) is 0 Å². The van der Waals surface area contributed by atoms with E-state index in [2.05, 4.69) is 20.0 Å². The van der Waals surface area contributed by atoms with Crippen LogP contribution in [0.1, 0.15) is 12.1 Å². The Labute approximate surface area is 207 Å². The molecule has 3 aliphatic heterocycles. The van der Waals surface area contributed by atoms with Gasteiger partial charge in [-0.25, -0.2) is 14.4 Å². The molecule has 1 saturated heterocycles. The van der Waals surface area contributed by atoms with Crippen LogP contribution in [0.25, 0.3) is 0 Å². The van der Waals surface area contributed by atoms with Crippen LogP contribution in [0.4, 0.5) is 5.13 Å². The minimum absolute atomic E-state index is 0.00120. The fourth-order valence-electron chi connectivity index (χ4n) is 3.57. The summed E-state index contributed by atoms with van der Waals surface area (Å²) in [6, 6.07) is -1.23. The van der Waals surface area contributed by atoms with Gasteiger partial charge in [-0.05, 0) is 4.91 Å². The van der Waals surface area contributed by atoms with Gasteiger partial charge in [-0.3, -0.25) is 14.5 Å². The molecule has 0 bridgehead atoms. The van der Waals surface area contributed by atoms with Crippen molar-refractivity contribution in [1.82, 2.24) is 15.2 Å². The lowest BCUT2D eigenvalue weighted by molar-refractivity contribution is -0.492. The number of anilines is 1. The molecule has 11 nitrogen and oxygen atoms in total. The molecule has 1 aromatic heterocycles. The molecule has 2 atom stereocenters. The molecule has 0 unspecified atom stereocenters. The predicted molar refractivity (Wildman–Crippen MR) is 132 cm³/mol. The number of hydrogen-bond acceptors (Lipinski definition) is 10. The zero-order chi connectivity index (χ0) is 24.2. The van der Waals surface area contributed by atoms with Gasteiger partial charge in [0.05, 0.1) is 11.7 Å². The van der Waals surface area contributed by atoms with Gasteiger partial charge < -0.3 is 21.0 Å². The van der Waals surface area contributed by atoms with Crippen molar-refractivity contribution >= 4 is 70.2 Å². The Kier molecular flexibility index (Phi) is 7.58. The Hall–Kier alpha value is -2.84. The van der Waals surface area contributed by atoms with Crippen LogP contribution in [-0.2, 0) is 25.8 Å². The Balaban J connectivity index is 1.33. The third-order valence-electron chi connectivity index (χ3n) is 5.29. The molecule has 0 saturated carbocycles. The monoisotopic (exact) mass is 523 g/mol. The summed E-state index contributed by atoms with van der Waals surface area (Å²) in [6.07, 6.45) is 5.87. The third-order valence-corrected chi connectivity index (χ3v) is 8.54. The molecule has 3 aliphatic rings. The second-order valence-corrected chi connectivity index (χ2v) is 10.7. The highest BCUT2D eigenvalue weighted by Gasteiger charge is 2.53. The number of hydrogen-bond donors (Lipinski definition) is 3. The van der Waals surface area contributed by atoms with Gasteiger partial charge in [0.15, 0.2) is 18.0 Å². The quantitative estimate of drug-likeness (QED) is 0.184. The predicted octanol–water partition coefficient (Wildman–Crippen LogP) is 0.700. The molecule has 0 spiro atoms. The molecule has 0 radical (unpaired) electrons. The molecular formula is C20H23N6O5S3+. The molecule has 14 heteroatoms. The van der Waals surface area contributed by atoms with E-state index in [-0.39, 0.29) is 12.3 Å². The van der Waals surface area contributed by atoms with E-state index in [9.17, 15) is 19.5 Å². The van der Waals surface area contributed by atoms with E-state index in [4.69, 9.17) is 10.6 Å². The van der Waals surface area contributed by atoms with E-state index in [1.165, 1.54) is 32.9 Å². The Morgan fingerprint density at radius 1 is 1.53 bits per heavy atom. The van der Waals surface area contributed by atoms with Crippen LogP contribution in [-0.4, -0.2) is 87.0 Å². The summed E-state index contributed by atoms with van der Waals surface area (Å²) < 4.78 is 2.09. The maximum atomic E-state index is 12.7. The van der Waals surface area contributed by atoms with Crippen molar-refractivity contribution in [3.63, 3.8) is 0 Å². The molecule has 2 amide bonds. The number of nitrogens with two attached hydrogens (primary N) is 1. The van der Waals surface area contributed by atoms with Crippen molar-refractivity contribution in [2.24, 2.45) is 5.16 Å². The van der Waals surface area contributed by atoms with E-state index in [1.807, 2.05) is 19.3 Å². The average Bonchev–Trinajstić information content (AvgIpc) is 3.24. The first kappa shape index (κ1) is 24.3. The minimum Gasteiger partial charge on any atom is -0.477 e. The number of thioether (sulfide) groups is 2. The van der Waals surface area contributed by atoms with Gasteiger partial charge in [-0.15, -0.1) is 34.9 Å². The summed E-state index contributed by atoms with van der Waals surface area (Å²) in [4.78, 5) is 49.0. The van der Waals surface area contributed by atoms with Gasteiger partial charge in [0, 0.05) is 34.3 Å². The number of aliphatic carboxylic acids is 1. The molecule has 4 N–H and O–H groups in total. The number of amides is 2. The normalized spacial score (nSPS) is 22.1. The lowest BCUT2D eigenvalue weighted by Gasteiger charge is -2.49. The topological polar surface area (TPSA) is 150 Å². The van der Waals surface area contributed by atoms with Gasteiger partial charge >= 0.3 is 5.97 Å². The molecule has 4 rings (SSSR count). The third kappa shape index (κ3) is 5.45. The minimum atomic E-state index is -1.15. The van der Waals surface area contributed by atoms with Crippen molar-refractivity contribution in [3.8, 4) is 0 Å². The number of nitrogens with zero attached hydrogens (tertiary/aromatic N) is 4. The number of carboxylic acid groups (broad SMARTS) is 1. The van der Waals surface area contributed by atoms with Crippen molar-refractivity contribution in [2.75, 3.05) is 30.8 Å². The van der Waals surface area contributed by atoms with Gasteiger partial charge in [0.2, 0.25) is 0 Å². The molecule has 180 valence electrons. The number of rotatable bonds is 9. The van der Waals surface area contributed by atoms with Crippen molar-refractivity contribution < 1.29 is 28.9 Å². The maximum Gasteiger partial charge on any atom is 0.353 e. The number of nitrogen functional groups attached to an aromatic ring is 1. The average molecular weight is 524 g/mol. The number of carboxylic acids is 1. The van der Waals surface area contributed by atoms with Crippen LogP contribution in [0.3, 0.4) is 0 Å². The highest BCUT2D eigenvalue weighted by atomic mass is 32.2. The number of aromatic nitrogens is 1. The Morgan fingerprint density at radius 3 is 3.03 bits per heavy atom. The first-order valence-electron chi connectivity index (χ1n) is 10.3. The van der Waals surface area contributed by atoms with Crippen molar-refractivity contribution in [3.05, 3.63) is 32.7 Å². The summed E-state index contributed by atoms with van der Waals surface area (Å²) in [5.74, 6) is -1.22. The number of allylic oxidation sites excluding steroid dienone is 1. The number of carbonyl (C=O) groups excluding carboxylic acids is 2. The second kappa shape index (κ2) is 10.6. The van der Waals surface area contributed by atoms with Gasteiger partial charge in [0.25, 0.3) is 11.8 Å². The molecule has 0 aromatic carbocycles. The summed E-state index contributed by atoms with van der Waals surface area (Å²) >= 11 is 4.28. The lowest BCUT2D eigenvalue weighted by Crippen LogP contribution is -2.72. The van der Waals surface area contributed by atoms with Crippen LogP contribution in [0.5, 0.6) is 0 Å². The second-order valence-electron chi connectivity index (χ2n) is 7.64. The van der Waals surface area contributed by atoms with E-state index in [1.54, 1.807) is 17.1 Å². The zero-order valence-corrected chi connectivity index (χ0v) is 20.6. The fraction of sp³-hybridized carbons (Fsp3) is 0.400. The van der Waals surface area contributed by atoms with Crippen LogP contribution in [0.2, 0.25) is 0 Å². The van der Waals surface area contributed by atoms with E-state index >= 15 is 0 Å². The Morgan fingerprint density at radius 2 is 2.35 bits per heavy atom. The number of nitrogens with one attached hydrogen (secondary N) is 1. The SMILES string of the molecule is C[N+]1=CC=C(SCC2=C(C(=O)O)N3C(=O)[C@@H](NC(=O)C=NOCc4csc(N)n4)[C@H]3CS2)CC1. The van der Waals surface area contributed by atoms with Crippen LogP contribution >= 0.6 is 34.9 Å². The van der Waals surface area contributed by atoms with Crippen molar-refractivity contribution in [1.29, 1.82) is 0 Å².